The first kappa shape index (κ1) is 13.3. The first-order valence-corrected chi connectivity index (χ1v) is 5.99. The average molecular weight is 242 g/mol. The summed E-state index contributed by atoms with van der Waals surface area (Å²) in [6, 6.07) is 5.87. The summed E-state index contributed by atoms with van der Waals surface area (Å²) in [6.07, 6.45) is 0.144. The summed E-state index contributed by atoms with van der Waals surface area (Å²) in [5, 5.41) is 3.81. The molecule has 0 radical (unpaired) electrons. The second kappa shape index (κ2) is 6.12. The van der Waals surface area contributed by atoms with Crippen molar-refractivity contribution in [2.75, 3.05) is 13.6 Å². The van der Waals surface area contributed by atoms with Crippen molar-refractivity contribution in [2.45, 2.75) is 26.9 Å². The number of rotatable bonds is 5. The van der Waals surface area contributed by atoms with Crippen LogP contribution in [0.15, 0.2) is 18.2 Å². The second-order valence-electron chi connectivity index (χ2n) is 4.39. The molecule has 0 fully saturated rings. The molecule has 90 valence electrons. The molecular weight excluding hydrogens is 222 g/mol. The number of hydrogen-bond donors (Lipinski definition) is 1. The highest BCUT2D eigenvalue weighted by atomic mass is 35.5. The molecule has 1 aromatic carbocycles. The minimum atomic E-state index is 0.144. The van der Waals surface area contributed by atoms with Crippen molar-refractivity contribution >= 4 is 11.6 Å². The Bertz CT molecular complexity index is 339. The van der Waals surface area contributed by atoms with Crippen LogP contribution in [-0.2, 0) is 0 Å². The van der Waals surface area contributed by atoms with Crippen molar-refractivity contribution < 1.29 is 4.74 Å². The first-order valence-electron chi connectivity index (χ1n) is 5.62. The lowest BCUT2D eigenvalue weighted by molar-refractivity contribution is 0.151. The van der Waals surface area contributed by atoms with E-state index in [-0.39, 0.29) is 6.10 Å². The van der Waals surface area contributed by atoms with E-state index in [1.165, 1.54) is 0 Å². The first-order chi connectivity index (χ1) is 7.54. The molecule has 0 aliphatic heterocycles. The van der Waals surface area contributed by atoms with Gasteiger partial charge in [-0.2, -0.15) is 0 Å². The van der Waals surface area contributed by atoms with E-state index in [2.05, 4.69) is 19.2 Å². The van der Waals surface area contributed by atoms with Gasteiger partial charge in [-0.25, -0.2) is 0 Å². The summed E-state index contributed by atoms with van der Waals surface area (Å²) >= 11 is 6.13. The fraction of sp³-hybridized carbons (Fsp3) is 0.538. The van der Waals surface area contributed by atoms with Gasteiger partial charge in [0.15, 0.2) is 0 Å². The number of likely N-dealkylation sites (N-methyl/N-ethyl adjacent to an activating group) is 1. The summed E-state index contributed by atoms with van der Waals surface area (Å²) in [4.78, 5) is 0. The zero-order valence-electron chi connectivity index (χ0n) is 10.4. The standard InChI is InChI=1S/C13H20ClNO/c1-9(2)13(8-15-4)16-12-6-5-10(3)7-11(12)14/h5-7,9,13,15H,8H2,1-4H3. The van der Waals surface area contributed by atoms with Crippen molar-refractivity contribution in [1.29, 1.82) is 0 Å². The highest BCUT2D eigenvalue weighted by molar-refractivity contribution is 6.32. The molecule has 16 heavy (non-hydrogen) atoms. The van der Waals surface area contributed by atoms with E-state index in [4.69, 9.17) is 16.3 Å². The van der Waals surface area contributed by atoms with Gasteiger partial charge in [-0.05, 0) is 37.6 Å². The number of benzene rings is 1. The van der Waals surface area contributed by atoms with Gasteiger partial charge in [0.1, 0.15) is 11.9 Å². The quantitative estimate of drug-likeness (QED) is 0.855. The molecule has 0 saturated carbocycles. The molecule has 1 unspecified atom stereocenters. The van der Waals surface area contributed by atoms with Gasteiger partial charge in [-0.3, -0.25) is 0 Å². The molecular formula is C13H20ClNO. The van der Waals surface area contributed by atoms with E-state index in [1.807, 2.05) is 32.2 Å². The van der Waals surface area contributed by atoms with E-state index in [0.29, 0.717) is 10.9 Å². The zero-order valence-corrected chi connectivity index (χ0v) is 11.1. The Kier molecular flexibility index (Phi) is 5.10. The van der Waals surface area contributed by atoms with E-state index in [1.54, 1.807) is 0 Å². The Hall–Kier alpha value is -0.730. The van der Waals surface area contributed by atoms with Crippen LogP contribution in [0.25, 0.3) is 0 Å². The normalized spacial score (nSPS) is 12.9. The molecule has 1 N–H and O–H groups in total. The third-order valence-corrected chi connectivity index (χ3v) is 2.81. The van der Waals surface area contributed by atoms with Gasteiger partial charge in [0.2, 0.25) is 0 Å². The van der Waals surface area contributed by atoms with Crippen LogP contribution in [0.2, 0.25) is 5.02 Å². The maximum absolute atomic E-state index is 6.13. The number of aryl methyl sites for hydroxylation is 1. The summed E-state index contributed by atoms with van der Waals surface area (Å²) in [5.74, 6) is 1.21. The van der Waals surface area contributed by atoms with E-state index in [9.17, 15) is 0 Å². The van der Waals surface area contributed by atoms with Gasteiger partial charge in [0.05, 0.1) is 5.02 Å². The fourth-order valence-electron chi connectivity index (χ4n) is 1.48. The van der Waals surface area contributed by atoms with Gasteiger partial charge in [-0.15, -0.1) is 0 Å². The number of nitrogens with one attached hydrogen (secondary N) is 1. The van der Waals surface area contributed by atoms with Crippen LogP contribution >= 0.6 is 11.6 Å². The highest BCUT2D eigenvalue weighted by Crippen LogP contribution is 2.27. The number of ether oxygens (including phenoxy) is 1. The van der Waals surface area contributed by atoms with E-state index < -0.39 is 0 Å². The third-order valence-electron chi connectivity index (χ3n) is 2.51. The van der Waals surface area contributed by atoms with Crippen LogP contribution in [0.5, 0.6) is 5.75 Å². The lowest BCUT2D eigenvalue weighted by Crippen LogP contribution is -2.33. The van der Waals surface area contributed by atoms with E-state index >= 15 is 0 Å². The molecule has 0 aromatic heterocycles. The van der Waals surface area contributed by atoms with Crippen molar-refractivity contribution in [2.24, 2.45) is 5.92 Å². The molecule has 1 atom stereocenters. The summed E-state index contributed by atoms with van der Waals surface area (Å²) in [6.45, 7) is 7.12. The smallest absolute Gasteiger partial charge is 0.138 e. The van der Waals surface area contributed by atoms with Crippen LogP contribution in [0.1, 0.15) is 19.4 Å². The summed E-state index contributed by atoms with van der Waals surface area (Å²) in [7, 11) is 1.93. The van der Waals surface area contributed by atoms with Crippen molar-refractivity contribution in [3.05, 3.63) is 28.8 Å². The Morgan fingerprint density at radius 1 is 1.38 bits per heavy atom. The Labute approximate surface area is 103 Å². The summed E-state index contributed by atoms with van der Waals surface area (Å²) in [5.41, 5.74) is 1.15. The lowest BCUT2D eigenvalue weighted by atomic mass is 10.1. The van der Waals surface area contributed by atoms with Gasteiger partial charge in [-0.1, -0.05) is 31.5 Å². The Morgan fingerprint density at radius 3 is 2.56 bits per heavy atom. The predicted octanol–water partition coefficient (Wildman–Crippen LogP) is 3.27. The number of halogens is 1. The summed E-state index contributed by atoms with van der Waals surface area (Å²) < 4.78 is 5.91. The van der Waals surface area contributed by atoms with Crippen molar-refractivity contribution in [1.82, 2.24) is 5.32 Å². The van der Waals surface area contributed by atoms with E-state index in [0.717, 1.165) is 17.9 Å². The minimum Gasteiger partial charge on any atom is -0.487 e. The molecule has 0 amide bonds. The molecule has 0 spiro atoms. The van der Waals surface area contributed by atoms with Gasteiger partial charge in [0.25, 0.3) is 0 Å². The molecule has 0 bridgehead atoms. The lowest BCUT2D eigenvalue weighted by Gasteiger charge is -2.23. The minimum absolute atomic E-state index is 0.144. The maximum Gasteiger partial charge on any atom is 0.138 e. The molecule has 3 heteroatoms. The van der Waals surface area contributed by atoms with Gasteiger partial charge < -0.3 is 10.1 Å². The molecule has 0 aliphatic carbocycles. The zero-order chi connectivity index (χ0) is 12.1. The van der Waals surface area contributed by atoms with Gasteiger partial charge >= 0.3 is 0 Å². The monoisotopic (exact) mass is 241 g/mol. The second-order valence-corrected chi connectivity index (χ2v) is 4.80. The van der Waals surface area contributed by atoms with Gasteiger partial charge in [0, 0.05) is 6.54 Å². The molecule has 1 aromatic rings. The predicted molar refractivity (Wildman–Crippen MR) is 69.4 cm³/mol. The molecule has 2 nitrogen and oxygen atoms in total. The molecule has 0 saturated heterocycles. The molecule has 0 aliphatic rings. The maximum atomic E-state index is 6.13. The van der Waals surface area contributed by atoms with Crippen LogP contribution in [0.3, 0.4) is 0 Å². The third kappa shape index (κ3) is 3.69. The van der Waals surface area contributed by atoms with Crippen LogP contribution < -0.4 is 10.1 Å². The van der Waals surface area contributed by atoms with Crippen molar-refractivity contribution in [3.8, 4) is 5.75 Å². The average Bonchev–Trinajstić information content (AvgIpc) is 2.20. The number of hydrogen-bond acceptors (Lipinski definition) is 2. The Morgan fingerprint density at radius 2 is 2.06 bits per heavy atom. The Balaban J connectivity index is 2.77. The molecule has 0 heterocycles. The molecule has 1 rings (SSSR count). The SMILES string of the molecule is CNCC(Oc1ccc(C)cc1Cl)C(C)C. The van der Waals surface area contributed by atoms with Crippen LogP contribution in [0.4, 0.5) is 0 Å². The van der Waals surface area contributed by atoms with Crippen LogP contribution in [-0.4, -0.2) is 19.7 Å². The fourth-order valence-corrected chi connectivity index (χ4v) is 1.76. The highest BCUT2D eigenvalue weighted by Gasteiger charge is 2.15. The van der Waals surface area contributed by atoms with Crippen LogP contribution in [0, 0.1) is 12.8 Å². The topological polar surface area (TPSA) is 21.3 Å². The van der Waals surface area contributed by atoms with Crippen molar-refractivity contribution in [3.63, 3.8) is 0 Å². The largest absolute Gasteiger partial charge is 0.487 e.